The zero-order valence-electron chi connectivity index (χ0n) is 11.7. The van der Waals surface area contributed by atoms with Crippen LogP contribution in [0.2, 0.25) is 0 Å². The van der Waals surface area contributed by atoms with Crippen LogP contribution >= 0.6 is 0 Å². The molecule has 22 heavy (non-hydrogen) atoms. The monoisotopic (exact) mass is 297 g/mol. The Labute approximate surface area is 127 Å². The van der Waals surface area contributed by atoms with Crippen molar-refractivity contribution in [1.29, 1.82) is 0 Å². The van der Waals surface area contributed by atoms with Gasteiger partial charge in [0, 0.05) is 12.1 Å². The molecule has 2 heterocycles. The van der Waals surface area contributed by atoms with Crippen molar-refractivity contribution in [2.45, 2.75) is 6.10 Å². The van der Waals surface area contributed by atoms with Crippen LogP contribution in [0.3, 0.4) is 0 Å². The Morgan fingerprint density at radius 1 is 1.14 bits per heavy atom. The molecular formula is C17H15NO4. The Balaban J connectivity index is 1.60. The summed E-state index contributed by atoms with van der Waals surface area (Å²) in [5.41, 5.74) is 2.09. The van der Waals surface area contributed by atoms with Crippen LogP contribution in [-0.2, 0) is 0 Å². The van der Waals surface area contributed by atoms with Gasteiger partial charge in [0.2, 0.25) is 0 Å². The molecule has 0 aliphatic carbocycles. The van der Waals surface area contributed by atoms with Gasteiger partial charge in [-0.2, -0.15) is 0 Å². The van der Waals surface area contributed by atoms with Crippen LogP contribution in [0.15, 0.2) is 70.1 Å². The van der Waals surface area contributed by atoms with Crippen LogP contribution in [0.4, 0.5) is 0 Å². The highest BCUT2D eigenvalue weighted by molar-refractivity contribution is 5.93. The highest BCUT2D eigenvalue weighted by Gasteiger charge is 2.12. The van der Waals surface area contributed by atoms with Crippen molar-refractivity contribution in [3.63, 3.8) is 0 Å². The molecular weight excluding hydrogens is 282 g/mol. The molecule has 0 spiro atoms. The molecule has 0 bridgehead atoms. The lowest BCUT2D eigenvalue weighted by atomic mass is 10.1. The Morgan fingerprint density at radius 2 is 1.95 bits per heavy atom. The van der Waals surface area contributed by atoms with Gasteiger partial charge in [0.25, 0.3) is 5.91 Å². The van der Waals surface area contributed by atoms with E-state index in [0.29, 0.717) is 5.56 Å². The van der Waals surface area contributed by atoms with Crippen molar-refractivity contribution in [3.8, 4) is 11.3 Å². The Bertz CT molecular complexity index is 715. The summed E-state index contributed by atoms with van der Waals surface area (Å²) >= 11 is 0. The predicted octanol–water partition coefficient (Wildman–Crippen LogP) is 3.00. The predicted molar refractivity (Wildman–Crippen MR) is 80.1 cm³/mol. The van der Waals surface area contributed by atoms with E-state index in [1.165, 1.54) is 12.5 Å². The molecule has 0 radical (unpaired) electrons. The zero-order valence-corrected chi connectivity index (χ0v) is 11.7. The number of aliphatic hydroxyl groups excluding tert-OH is 1. The van der Waals surface area contributed by atoms with Gasteiger partial charge in [0.15, 0.2) is 0 Å². The van der Waals surface area contributed by atoms with Crippen molar-refractivity contribution in [2.24, 2.45) is 0 Å². The van der Waals surface area contributed by atoms with Crippen molar-refractivity contribution in [2.75, 3.05) is 6.54 Å². The van der Waals surface area contributed by atoms with E-state index in [-0.39, 0.29) is 12.5 Å². The lowest BCUT2D eigenvalue weighted by Crippen LogP contribution is -2.28. The molecule has 0 saturated heterocycles. The Morgan fingerprint density at radius 3 is 2.59 bits per heavy atom. The number of furan rings is 2. The second-order valence-electron chi connectivity index (χ2n) is 4.84. The van der Waals surface area contributed by atoms with Crippen molar-refractivity contribution in [1.82, 2.24) is 5.32 Å². The van der Waals surface area contributed by atoms with Gasteiger partial charge in [0.05, 0.1) is 24.2 Å². The van der Waals surface area contributed by atoms with Gasteiger partial charge in [-0.15, -0.1) is 0 Å². The van der Waals surface area contributed by atoms with Gasteiger partial charge in [-0.05, 0) is 23.8 Å². The number of amides is 1. The van der Waals surface area contributed by atoms with Crippen molar-refractivity contribution in [3.05, 3.63) is 72.4 Å². The largest absolute Gasteiger partial charge is 0.472 e. The van der Waals surface area contributed by atoms with Gasteiger partial charge < -0.3 is 19.3 Å². The van der Waals surface area contributed by atoms with E-state index in [1.807, 2.05) is 36.4 Å². The van der Waals surface area contributed by atoms with E-state index in [4.69, 9.17) is 8.83 Å². The number of rotatable bonds is 5. The molecule has 5 heteroatoms. The van der Waals surface area contributed by atoms with E-state index < -0.39 is 6.10 Å². The third-order valence-electron chi connectivity index (χ3n) is 3.34. The van der Waals surface area contributed by atoms with Gasteiger partial charge in [-0.1, -0.05) is 24.3 Å². The highest BCUT2D eigenvalue weighted by Crippen LogP contribution is 2.22. The van der Waals surface area contributed by atoms with Crippen LogP contribution in [-0.4, -0.2) is 17.6 Å². The minimum Gasteiger partial charge on any atom is -0.472 e. The Kier molecular flexibility index (Phi) is 4.07. The fourth-order valence-corrected chi connectivity index (χ4v) is 2.12. The Hall–Kier alpha value is -2.79. The third-order valence-corrected chi connectivity index (χ3v) is 3.34. The summed E-state index contributed by atoms with van der Waals surface area (Å²) in [5.74, 6) is 0.495. The lowest BCUT2D eigenvalue weighted by Gasteiger charge is -2.12. The number of carbonyl (C=O) groups is 1. The maximum atomic E-state index is 11.8. The summed E-state index contributed by atoms with van der Waals surface area (Å²) in [7, 11) is 0. The molecule has 0 aliphatic rings. The quantitative estimate of drug-likeness (QED) is 0.759. The molecule has 2 aromatic heterocycles. The maximum absolute atomic E-state index is 11.8. The van der Waals surface area contributed by atoms with E-state index >= 15 is 0 Å². The van der Waals surface area contributed by atoms with E-state index in [1.54, 1.807) is 12.3 Å². The number of hydrogen-bond acceptors (Lipinski definition) is 4. The van der Waals surface area contributed by atoms with E-state index in [2.05, 4.69) is 5.32 Å². The average Bonchev–Trinajstić information content (AvgIpc) is 3.25. The summed E-state index contributed by atoms with van der Waals surface area (Å²) < 4.78 is 10.2. The molecule has 1 aromatic carbocycles. The van der Waals surface area contributed by atoms with Gasteiger partial charge in [-0.25, -0.2) is 0 Å². The second-order valence-corrected chi connectivity index (χ2v) is 4.84. The van der Waals surface area contributed by atoms with Crippen LogP contribution < -0.4 is 5.32 Å². The van der Waals surface area contributed by atoms with Crippen LogP contribution in [0.25, 0.3) is 11.3 Å². The molecule has 0 unspecified atom stereocenters. The first-order valence-electron chi connectivity index (χ1n) is 6.86. The maximum Gasteiger partial charge on any atom is 0.254 e. The summed E-state index contributed by atoms with van der Waals surface area (Å²) in [6.07, 6.45) is 3.63. The molecule has 5 nitrogen and oxygen atoms in total. The van der Waals surface area contributed by atoms with Crippen molar-refractivity contribution < 1.29 is 18.7 Å². The number of nitrogens with one attached hydrogen (secondary N) is 1. The smallest absolute Gasteiger partial charge is 0.254 e. The molecule has 0 aliphatic heterocycles. The number of aliphatic hydroxyl groups is 1. The second kappa shape index (κ2) is 6.32. The summed E-state index contributed by atoms with van der Waals surface area (Å²) in [4.78, 5) is 11.8. The number of benzene rings is 1. The average molecular weight is 297 g/mol. The van der Waals surface area contributed by atoms with E-state index in [0.717, 1.165) is 16.9 Å². The number of carbonyl (C=O) groups excluding carboxylic acids is 1. The summed E-state index contributed by atoms with van der Waals surface area (Å²) in [5, 5.41) is 12.8. The highest BCUT2D eigenvalue weighted by atomic mass is 16.3. The first kappa shape index (κ1) is 14.2. The first-order chi connectivity index (χ1) is 10.7. The summed E-state index contributed by atoms with van der Waals surface area (Å²) in [6.45, 7) is 0.129. The molecule has 3 aromatic rings. The minimum atomic E-state index is -0.776. The van der Waals surface area contributed by atoms with Crippen LogP contribution in [0.5, 0.6) is 0 Å². The fourth-order valence-electron chi connectivity index (χ4n) is 2.12. The van der Waals surface area contributed by atoms with Gasteiger partial charge >= 0.3 is 0 Å². The third kappa shape index (κ3) is 3.10. The lowest BCUT2D eigenvalue weighted by molar-refractivity contribution is 0.0915. The van der Waals surface area contributed by atoms with Crippen LogP contribution in [0, 0.1) is 0 Å². The molecule has 1 atom stereocenters. The van der Waals surface area contributed by atoms with Crippen molar-refractivity contribution >= 4 is 5.91 Å². The standard InChI is InChI=1S/C17H15NO4/c19-15(10-18-17(20)14-7-9-21-11-14)12-3-5-13(6-4-12)16-2-1-8-22-16/h1-9,11,15,19H,10H2,(H,18,20)/t15-/m0/s1. The fraction of sp³-hybridized carbons (Fsp3) is 0.118. The van der Waals surface area contributed by atoms with Gasteiger partial charge in [-0.3, -0.25) is 4.79 Å². The van der Waals surface area contributed by atoms with Gasteiger partial charge in [0.1, 0.15) is 12.0 Å². The SMILES string of the molecule is O=C(NC[C@H](O)c1ccc(-c2ccco2)cc1)c1ccoc1. The van der Waals surface area contributed by atoms with E-state index in [9.17, 15) is 9.90 Å². The molecule has 2 N–H and O–H groups in total. The molecule has 3 rings (SSSR count). The molecule has 0 saturated carbocycles. The summed E-state index contributed by atoms with van der Waals surface area (Å²) in [6, 6.07) is 12.6. The minimum absolute atomic E-state index is 0.129. The molecule has 0 fully saturated rings. The van der Waals surface area contributed by atoms with Crippen LogP contribution in [0.1, 0.15) is 22.0 Å². The molecule has 1 amide bonds. The topological polar surface area (TPSA) is 75.6 Å². The number of hydrogen-bond donors (Lipinski definition) is 2. The normalized spacial score (nSPS) is 12.0. The zero-order chi connectivity index (χ0) is 15.4. The molecule has 112 valence electrons. The first-order valence-corrected chi connectivity index (χ1v) is 6.86.